The monoisotopic (exact) mass is 438 g/mol. The molecule has 2 unspecified atom stereocenters. The van der Waals surface area contributed by atoms with Crippen molar-refractivity contribution in [3.05, 3.63) is 29.8 Å². The molecule has 2 aliphatic carbocycles. The SMILES string of the molecule is CN1CCOc2ccccc2CCCCC2(CCN(C(=O)C3C4CCCCC43)CC2)C1=O. The number of fused-ring (bicyclic) bond motifs is 2. The lowest BCUT2D eigenvalue weighted by molar-refractivity contribution is -0.148. The molecule has 1 saturated heterocycles. The Morgan fingerprint density at radius 3 is 2.44 bits per heavy atom. The number of benzene rings is 1. The molecule has 5 nitrogen and oxygen atoms in total. The number of amides is 2. The summed E-state index contributed by atoms with van der Waals surface area (Å²) in [5.41, 5.74) is 0.947. The number of aryl methyl sites for hydroxylation is 1. The standard InChI is InChI=1S/C27H38N2O3/c1-28-18-19-32-23-12-5-2-8-20(23)9-6-7-13-27(26(28)31)14-16-29(17-15-27)25(30)24-21-10-3-4-11-22(21)24/h2,5,8,12,21-22,24H,3-4,6-7,9-11,13-19H2,1H3. The molecule has 2 heterocycles. The van der Waals surface area contributed by atoms with E-state index in [-0.39, 0.29) is 11.3 Å². The second kappa shape index (κ2) is 9.07. The van der Waals surface area contributed by atoms with Gasteiger partial charge in [-0.2, -0.15) is 0 Å². The third-order valence-corrected chi connectivity index (χ3v) is 8.78. The molecule has 3 fully saturated rings. The summed E-state index contributed by atoms with van der Waals surface area (Å²) in [5, 5.41) is 0. The van der Waals surface area contributed by atoms with Gasteiger partial charge in [0, 0.05) is 26.1 Å². The Morgan fingerprint density at radius 2 is 1.69 bits per heavy atom. The largest absolute Gasteiger partial charge is 0.491 e. The van der Waals surface area contributed by atoms with Crippen LogP contribution in [0.1, 0.15) is 63.4 Å². The zero-order chi connectivity index (χ0) is 22.1. The first-order valence-electron chi connectivity index (χ1n) is 12.8. The van der Waals surface area contributed by atoms with E-state index in [4.69, 9.17) is 4.74 Å². The van der Waals surface area contributed by atoms with Crippen LogP contribution in [0.5, 0.6) is 5.75 Å². The Morgan fingerprint density at radius 1 is 0.969 bits per heavy atom. The van der Waals surface area contributed by atoms with Gasteiger partial charge in [0.05, 0.1) is 12.0 Å². The summed E-state index contributed by atoms with van der Waals surface area (Å²) < 4.78 is 6.04. The van der Waals surface area contributed by atoms with Crippen LogP contribution in [-0.4, -0.2) is 54.9 Å². The van der Waals surface area contributed by atoms with Crippen molar-refractivity contribution in [2.24, 2.45) is 23.2 Å². The van der Waals surface area contributed by atoms with Crippen molar-refractivity contribution in [1.82, 2.24) is 9.80 Å². The van der Waals surface area contributed by atoms with Crippen LogP contribution in [0.4, 0.5) is 0 Å². The molecule has 1 aromatic carbocycles. The average Bonchev–Trinajstić information content (AvgIpc) is 3.56. The van der Waals surface area contributed by atoms with Crippen molar-refractivity contribution in [2.45, 2.75) is 64.2 Å². The lowest BCUT2D eigenvalue weighted by Gasteiger charge is -2.43. The zero-order valence-electron chi connectivity index (χ0n) is 19.6. The number of hydrogen-bond donors (Lipinski definition) is 0. The number of para-hydroxylation sites is 1. The van der Waals surface area contributed by atoms with E-state index >= 15 is 0 Å². The molecule has 4 aliphatic rings. The smallest absolute Gasteiger partial charge is 0.228 e. The Hall–Kier alpha value is -2.04. The van der Waals surface area contributed by atoms with Gasteiger partial charge in [-0.25, -0.2) is 0 Å². The normalized spacial score (nSPS) is 30.4. The lowest BCUT2D eigenvalue weighted by Crippen LogP contribution is -2.51. The third kappa shape index (κ3) is 4.15. The van der Waals surface area contributed by atoms with Gasteiger partial charge in [-0.15, -0.1) is 0 Å². The highest BCUT2D eigenvalue weighted by molar-refractivity contribution is 5.85. The molecule has 5 rings (SSSR count). The Labute approximate surface area is 192 Å². The predicted octanol–water partition coefficient (Wildman–Crippen LogP) is 4.30. The maximum atomic E-state index is 13.6. The van der Waals surface area contributed by atoms with Gasteiger partial charge in [-0.05, 0) is 68.4 Å². The summed E-state index contributed by atoms with van der Waals surface area (Å²) in [4.78, 5) is 30.7. The first kappa shape index (κ1) is 21.8. The van der Waals surface area contributed by atoms with E-state index in [9.17, 15) is 9.59 Å². The van der Waals surface area contributed by atoms with Crippen LogP contribution in [0.25, 0.3) is 0 Å². The number of piperidine rings is 1. The zero-order valence-corrected chi connectivity index (χ0v) is 19.6. The molecule has 2 amide bonds. The van der Waals surface area contributed by atoms with Crippen LogP contribution in [0.3, 0.4) is 0 Å². The fraction of sp³-hybridized carbons (Fsp3) is 0.704. The van der Waals surface area contributed by atoms with Gasteiger partial charge in [0.25, 0.3) is 0 Å². The van der Waals surface area contributed by atoms with Crippen molar-refractivity contribution in [3.8, 4) is 5.75 Å². The van der Waals surface area contributed by atoms with E-state index in [0.717, 1.165) is 57.4 Å². The maximum Gasteiger partial charge on any atom is 0.228 e. The Balaban J connectivity index is 1.24. The first-order valence-corrected chi connectivity index (χ1v) is 12.8. The minimum Gasteiger partial charge on any atom is -0.491 e. The molecular formula is C27H38N2O3. The predicted molar refractivity (Wildman–Crippen MR) is 124 cm³/mol. The fourth-order valence-corrected chi connectivity index (χ4v) is 6.72. The summed E-state index contributed by atoms with van der Waals surface area (Å²) >= 11 is 0. The molecule has 1 aromatic rings. The highest BCUT2D eigenvalue weighted by Crippen LogP contribution is 2.56. The van der Waals surface area contributed by atoms with Crippen molar-refractivity contribution in [2.75, 3.05) is 33.3 Å². The molecule has 0 N–H and O–H groups in total. The number of carbonyl (C=O) groups is 2. The molecule has 174 valence electrons. The number of nitrogens with zero attached hydrogens (tertiary/aromatic N) is 2. The van der Waals surface area contributed by atoms with Gasteiger partial charge >= 0.3 is 0 Å². The highest BCUT2D eigenvalue weighted by Gasteiger charge is 2.56. The van der Waals surface area contributed by atoms with Crippen LogP contribution in [0.15, 0.2) is 24.3 Å². The quantitative estimate of drug-likeness (QED) is 0.657. The van der Waals surface area contributed by atoms with Crippen LogP contribution in [0, 0.1) is 23.2 Å². The molecule has 0 radical (unpaired) electrons. The summed E-state index contributed by atoms with van der Waals surface area (Å²) in [7, 11) is 1.91. The van der Waals surface area contributed by atoms with E-state index < -0.39 is 0 Å². The summed E-state index contributed by atoms with van der Waals surface area (Å²) in [5.74, 6) is 3.20. The van der Waals surface area contributed by atoms with E-state index in [1.165, 1.54) is 31.2 Å². The number of likely N-dealkylation sites (tertiary alicyclic amines) is 1. The maximum absolute atomic E-state index is 13.6. The summed E-state index contributed by atoms with van der Waals surface area (Å²) in [6, 6.07) is 8.28. The van der Waals surface area contributed by atoms with Gasteiger partial charge in [0.15, 0.2) is 0 Å². The minimum atomic E-state index is -0.319. The van der Waals surface area contributed by atoms with E-state index in [2.05, 4.69) is 17.0 Å². The first-order chi connectivity index (χ1) is 15.6. The lowest BCUT2D eigenvalue weighted by atomic mass is 9.73. The number of carbonyl (C=O) groups excluding carboxylic acids is 2. The molecule has 5 heteroatoms. The number of ether oxygens (including phenoxy) is 1. The van der Waals surface area contributed by atoms with E-state index in [1.54, 1.807) is 0 Å². The molecule has 2 saturated carbocycles. The van der Waals surface area contributed by atoms with E-state index in [0.29, 0.717) is 36.8 Å². The van der Waals surface area contributed by atoms with Crippen LogP contribution in [0.2, 0.25) is 0 Å². The molecule has 2 aliphatic heterocycles. The molecular weight excluding hydrogens is 400 g/mol. The Bertz CT molecular complexity index is 833. The molecule has 1 spiro atoms. The molecule has 2 atom stereocenters. The van der Waals surface area contributed by atoms with Gasteiger partial charge in [-0.3, -0.25) is 9.59 Å². The van der Waals surface area contributed by atoms with Crippen molar-refractivity contribution >= 4 is 11.8 Å². The van der Waals surface area contributed by atoms with Gasteiger partial charge in [0.1, 0.15) is 12.4 Å². The summed E-state index contributed by atoms with van der Waals surface area (Å²) in [6.45, 7) is 2.61. The third-order valence-electron chi connectivity index (χ3n) is 8.78. The number of likely N-dealkylation sites (N-methyl/N-ethyl adjacent to an activating group) is 1. The summed E-state index contributed by atoms with van der Waals surface area (Å²) in [6.07, 6.45) is 10.7. The van der Waals surface area contributed by atoms with Crippen LogP contribution in [-0.2, 0) is 16.0 Å². The fourth-order valence-electron chi connectivity index (χ4n) is 6.72. The van der Waals surface area contributed by atoms with Crippen molar-refractivity contribution in [1.29, 1.82) is 0 Å². The van der Waals surface area contributed by atoms with Gasteiger partial charge in [-0.1, -0.05) is 37.5 Å². The van der Waals surface area contributed by atoms with Crippen molar-refractivity contribution in [3.63, 3.8) is 0 Å². The molecule has 0 aromatic heterocycles. The van der Waals surface area contributed by atoms with E-state index in [1.807, 2.05) is 24.1 Å². The van der Waals surface area contributed by atoms with Gasteiger partial charge in [0.2, 0.25) is 11.8 Å². The number of hydrogen-bond acceptors (Lipinski definition) is 3. The van der Waals surface area contributed by atoms with Crippen LogP contribution >= 0.6 is 0 Å². The van der Waals surface area contributed by atoms with Crippen molar-refractivity contribution < 1.29 is 14.3 Å². The average molecular weight is 439 g/mol. The second-order valence-electron chi connectivity index (χ2n) is 10.6. The highest BCUT2D eigenvalue weighted by atomic mass is 16.5. The molecule has 0 bridgehead atoms. The second-order valence-corrected chi connectivity index (χ2v) is 10.6. The minimum absolute atomic E-state index is 0.252. The topological polar surface area (TPSA) is 49.9 Å². The Kier molecular flexibility index (Phi) is 6.18. The molecule has 32 heavy (non-hydrogen) atoms. The number of rotatable bonds is 1. The van der Waals surface area contributed by atoms with Crippen LogP contribution < -0.4 is 4.74 Å². The van der Waals surface area contributed by atoms with Gasteiger partial charge < -0.3 is 14.5 Å².